The molecule has 0 saturated heterocycles. The topological polar surface area (TPSA) is 75.6 Å². The molecule has 2 aromatic carbocycles. The van der Waals surface area contributed by atoms with Crippen molar-refractivity contribution in [1.29, 1.82) is 0 Å². The quantitative estimate of drug-likeness (QED) is 0.860. The number of ether oxygens (including phenoxy) is 1. The number of hydrogen-bond acceptors (Lipinski definition) is 4. The summed E-state index contributed by atoms with van der Waals surface area (Å²) in [6.07, 6.45) is 1.86. The highest BCUT2D eigenvalue weighted by Gasteiger charge is 2.36. The lowest BCUT2D eigenvalue weighted by atomic mass is 9.88. The summed E-state index contributed by atoms with van der Waals surface area (Å²) in [5, 5.41) is 12.0. The van der Waals surface area contributed by atoms with Gasteiger partial charge in [0.2, 0.25) is 10.0 Å². The van der Waals surface area contributed by atoms with Crippen molar-refractivity contribution in [3.05, 3.63) is 70.6 Å². The van der Waals surface area contributed by atoms with E-state index in [-0.39, 0.29) is 6.54 Å². The van der Waals surface area contributed by atoms with Crippen molar-refractivity contribution in [2.75, 3.05) is 13.2 Å². The molecule has 5 nitrogen and oxygen atoms in total. The molecular weight excluding hydrogens is 338 g/mol. The highest BCUT2D eigenvalue weighted by molar-refractivity contribution is 7.92. The van der Waals surface area contributed by atoms with Gasteiger partial charge in [-0.05, 0) is 24.6 Å². The number of fused-ring (bicyclic) bond motifs is 1. The molecule has 0 saturated carbocycles. The highest BCUT2D eigenvalue weighted by atomic mass is 32.2. The number of sulfonamides is 1. The maximum Gasteiger partial charge on any atom is 0.233 e. The minimum absolute atomic E-state index is 0.103. The molecule has 0 aromatic heterocycles. The lowest BCUT2D eigenvalue weighted by molar-refractivity contribution is 0.00226. The molecule has 1 unspecified atom stereocenters. The van der Waals surface area contributed by atoms with Crippen LogP contribution in [0.25, 0.3) is 6.08 Å². The molecule has 2 N–H and O–H groups in total. The molecule has 0 amide bonds. The lowest BCUT2D eigenvalue weighted by Gasteiger charge is -2.34. The molecule has 2 aromatic rings. The van der Waals surface area contributed by atoms with Gasteiger partial charge in [0.25, 0.3) is 0 Å². The van der Waals surface area contributed by atoms with Crippen LogP contribution in [0, 0.1) is 6.92 Å². The standard InChI is InChI=1S/C19H21NO4S/c1-15-6-8-16(9-7-15)10-13-25(22,23)20-14-19(21)11-12-24-18-5-3-2-4-17(18)19/h2-10,13,20-21H,11-12,14H2,1H3/b13-10+. The predicted molar refractivity (Wildman–Crippen MR) is 97.6 cm³/mol. The lowest BCUT2D eigenvalue weighted by Crippen LogP contribution is -2.43. The van der Waals surface area contributed by atoms with E-state index < -0.39 is 15.6 Å². The van der Waals surface area contributed by atoms with Gasteiger partial charge in [-0.15, -0.1) is 0 Å². The monoisotopic (exact) mass is 359 g/mol. The number of hydrogen-bond donors (Lipinski definition) is 2. The SMILES string of the molecule is Cc1ccc(/C=C/S(=O)(=O)NCC2(O)CCOc3ccccc32)cc1. The number of benzene rings is 2. The summed E-state index contributed by atoms with van der Waals surface area (Å²) in [5.41, 5.74) is 1.23. The molecule has 1 heterocycles. The number of rotatable bonds is 5. The average molecular weight is 359 g/mol. The summed E-state index contributed by atoms with van der Waals surface area (Å²) < 4.78 is 32.4. The number of para-hydroxylation sites is 1. The Balaban J connectivity index is 1.71. The van der Waals surface area contributed by atoms with Crippen molar-refractivity contribution in [2.24, 2.45) is 0 Å². The Hall–Kier alpha value is -2.15. The van der Waals surface area contributed by atoms with Crippen LogP contribution in [0.1, 0.15) is 23.1 Å². The van der Waals surface area contributed by atoms with Crippen LogP contribution in [0.5, 0.6) is 5.75 Å². The second kappa shape index (κ2) is 7.00. The molecule has 0 radical (unpaired) electrons. The Bertz CT molecular complexity index is 875. The molecule has 6 heteroatoms. The molecule has 0 bridgehead atoms. The Labute approximate surface area is 148 Å². The first kappa shape index (κ1) is 17.7. The normalized spacial score (nSPS) is 20.2. The molecule has 1 atom stereocenters. The van der Waals surface area contributed by atoms with Crippen LogP contribution in [0.15, 0.2) is 53.9 Å². The number of aryl methyl sites for hydroxylation is 1. The Morgan fingerprint density at radius 2 is 1.92 bits per heavy atom. The first-order chi connectivity index (χ1) is 11.9. The summed E-state index contributed by atoms with van der Waals surface area (Å²) in [6.45, 7) is 2.21. The second-order valence-electron chi connectivity index (χ2n) is 6.21. The van der Waals surface area contributed by atoms with Gasteiger partial charge < -0.3 is 9.84 Å². The molecule has 0 spiro atoms. The summed E-state index contributed by atoms with van der Waals surface area (Å²) in [7, 11) is -3.66. The molecule has 1 aliphatic rings. The van der Waals surface area contributed by atoms with Gasteiger partial charge in [0.1, 0.15) is 11.4 Å². The molecule has 3 rings (SSSR count). The van der Waals surface area contributed by atoms with E-state index in [4.69, 9.17) is 4.74 Å². The van der Waals surface area contributed by atoms with E-state index in [0.717, 1.165) is 16.5 Å². The van der Waals surface area contributed by atoms with Gasteiger partial charge in [-0.2, -0.15) is 0 Å². The van der Waals surface area contributed by atoms with Crippen molar-refractivity contribution < 1.29 is 18.3 Å². The molecule has 132 valence electrons. The fourth-order valence-corrected chi connectivity index (χ4v) is 3.61. The van der Waals surface area contributed by atoms with Crippen LogP contribution in [-0.2, 0) is 15.6 Å². The maximum absolute atomic E-state index is 12.2. The van der Waals surface area contributed by atoms with Gasteiger partial charge >= 0.3 is 0 Å². The van der Waals surface area contributed by atoms with E-state index >= 15 is 0 Å². The fourth-order valence-electron chi connectivity index (χ4n) is 2.74. The van der Waals surface area contributed by atoms with Crippen molar-refractivity contribution in [1.82, 2.24) is 4.72 Å². The number of aliphatic hydroxyl groups is 1. The van der Waals surface area contributed by atoms with Crippen molar-refractivity contribution in [3.8, 4) is 5.75 Å². The largest absolute Gasteiger partial charge is 0.493 e. The van der Waals surface area contributed by atoms with E-state index in [1.165, 1.54) is 6.08 Å². The van der Waals surface area contributed by atoms with Gasteiger partial charge in [-0.3, -0.25) is 0 Å². The first-order valence-corrected chi connectivity index (χ1v) is 9.62. The van der Waals surface area contributed by atoms with Crippen LogP contribution in [-0.4, -0.2) is 26.7 Å². The third kappa shape index (κ3) is 4.28. The van der Waals surface area contributed by atoms with Crippen molar-refractivity contribution >= 4 is 16.1 Å². The van der Waals surface area contributed by atoms with Crippen LogP contribution < -0.4 is 9.46 Å². The second-order valence-corrected chi connectivity index (χ2v) is 7.86. The fraction of sp³-hybridized carbons (Fsp3) is 0.263. The van der Waals surface area contributed by atoms with Crippen LogP contribution in [0.2, 0.25) is 0 Å². The van der Waals surface area contributed by atoms with Crippen LogP contribution >= 0.6 is 0 Å². The zero-order valence-electron chi connectivity index (χ0n) is 14.0. The average Bonchev–Trinajstić information content (AvgIpc) is 2.60. The zero-order valence-corrected chi connectivity index (χ0v) is 14.8. The smallest absolute Gasteiger partial charge is 0.233 e. The van der Waals surface area contributed by atoms with Crippen molar-refractivity contribution in [2.45, 2.75) is 18.9 Å². The van der Waals surface area contributed by atoms with Gasteiger partial charge in [0, 0.05) is 23.9 Å². The Morgan fingerprint density at radius 3 is 2.68 bits per heavy atom. The summed E-state index contributed by atoms with van der Waals surface area (Å²) in [5.74, 6) is 0.589. The first-order valence-electron chi connectivity index (χ1n) is 8.07. The van der Waals surface area contributed by atoms with Crippen LogP contribution in [0.3, 0.4) is 0 Å². The van der Waals surface area contributed by atoms with E-state index in [0.29, 0.717) is 24.3 Å². The van der Waals surface area contributed by atoms with Crippen LogP contribution in [0.4, 0.5) is 0 Å². The third-order valence-electron chi connectivity index (χ3n) is 4.24. The minimum Gasteiger partial charge on any atom is -0.493 e. The Kier molecular flexibility index (Phi) is 4.94. The summed E-state index contributed by atoms with van der Waals surface area (Å²) >= 11 is 0. The van der Waals surface area contributed by atoms with Gasteiger partial charge in [-0.25, -0.2) is 13.1 Å². The highest BCUT2D eigenvalue weighted by Crippen LogP contribution is 2.36. The number of nitrogens with one attached hydrogen (secondary N) is 1. The maximum atomic E-state index is 12.2. The van der Waals surface area contributed by atoms with Gasteiger partial charge in [-0.1, -0.05) is 48.0 Å². The van der Waals surface area contributed by atoms with Crippen molar-refractivity contribution in [3.63, 3.8) is 0 Å². The predicted octanol–water partition coefficient (Wildman–Crippen LogP) is 2.56. The molecule has 0 fully saturated rings. The zero-order chi connectivity index (χ0) is 17.9. The van der Waals surface area contributed by atoms with Gasteiger partial charge in [0.05, 0.1) is 6.61 Å². The summed E-state index contributed by atoms with van der Waals surface area (Å²) in [6, 6.07) is 14.7. The molecule has 0 aliphatic carbocycles. The van der Waals surface area contributed by atoms with E-state index in [9.17, 15) is 13.5 Å². The van der Waals surface area contributed by atoms with E-state index in [2.05, 4.69) is 4.72 Å². The van der Waals surface area contributed by atoms with Gasteiger partial charge in [0.15, 0.2) is 0 Å². The third-order valence-corrected chi connectivity index (χ3v) is 5.29. The minimum atomic E-state index is -3.66. The molecule has 25 heavy (non-hydrogen) atoms. The molecular formula is C19H21NO4S. The summed E-state index contributed by atoms with van der Waals surface area (Å²) in [4.78, 5) is 0. The Morgan fingerprint density at radius 1 is 1.20 bits per heavy atom. The van der Waals surface area contributed by atoms with E-state index in [1.54, 1.807) is 18.2 Å². The molecule has 1 aliphatic heterocycles. The van der Waals surface area contributed by atoms with E-state index in [1.807, 2.05) is 37.3 Å².